The molecule has 2 rings (SSSR count). The second-order valence-corrected chi connectivity index (χ2v) is 6.74. The summed E-state index contributed by atoms with van der Waals surface area (Å²) in [6.45, 7) is 0.659. The summed E-state index contributed by atoms with van der Waals surface area (Å²) in [4.78, 5) is 0. The van der Waals surface area contributed by atoms with Crippen molar-refractivity contribution in [1.29, 1.82) is 0 Å². The van der Waals surface area contributed by atoms with E-state index in [4.69, 9.17) is 0 Å². The second kappa shape index (κ2) is 5.12. The summed E-state index contributed by atoms with van der Waals surface area (Å²) in [7, 11) is -2.94. The number of rotatable bonds is 4. The van der Waals surface area contributed by atoms with Gasteiger partial charge < -0.3 is 5.32 Å². The Hall–Kier alpha value is -1.09. The van der Waals surface area contributed by atoms with Crippen LogP contribution in [0.1, 0.15) is 12.1 Å². The third kappa shape index (κ3) is 3.93. The van der Waals surface area contributed by atoms with Crippen LogP contribution < -0.4 is 5.32 Å². The van der Waals surface area contributed by atoms with Gasteiger partial charge in [-0.25, -0.2) is 8.42 Å². The quantitative estimate of drug-likeness (QED) is 0.887. The summed E-state index contributed by atoms with van der Waals surface area (Å²) in [5.74, 6) is 0.268. The van der Waals surface area contributed by atoms with Gasteiger partial charge in [0.2, 0.25) is 0 Å². The summed E-state index contributed by atoms with van der Waals surface area (Å²) >= 11 is 0. The third-order valence-electron chi connectivity index (χ3n) is 2.94. The van der Waals surface area contributed by atoms with Gasteiger partial charge in [-0.3, -0.25) is 4.68 Å². The van der Waals surface area contributed by atoms with E-state index < -0.39 is 21.7 Å². The molecular weight excluding hydrogens is 283 g/mol. The van der Waals surface area contributed by atoms with E-state index in [1.54, 1.807) is 0 Å². The van der Waals surface area contributed by atoms with Gasteiger partial charge >= 0.3 is 6.18 Å². The summed E-state index contributed by atoms with van der Waals surface area (Å²) in [6.07, 6.45) is -2.62. The number of hydrogen-bond donors (Lipinski definition) is 1. The predicted octanol–water partition coefficient (Wildman–Crippen LogP) is 0.679. The van der Waals surface area contributed by atoms with Crippen molar-refractivity contribution in [3.8, 4) is 0 Å². The Balaban J connectivity index is 1.79. The molecule has 1 aliphatic heterocycles. The molecule has 1 unspecified atom stereocenters. The SMILES string of the molecule is O=S1(=O)CCC(NCCn2ccc(C(F)(F)F)n2)C1. The summed E-state index contributed by atoms with van der Waals surface area (Å²) in [6, 6.07) is 0.808. The molecule has 0 bridgehead atoms. The number of nitrogens with zero attached hydrogens (tertiary/aromatic N) is 2. The molecule has 1 N–H and O–H groups in total. The van der Waals surface area contributed by atoms with Gasteiger partial charge in [0.1, 0.15) is 0 Å². The maximum absolute atomic E-state index is 12.3. The molecule has 0 aliphatic carbocycles. The fourth-order valence-electron chi connectivity index (χ4n) is 1.98. The summed E-state index contributed by atoms with van der Waals surface area (Å²) in [5, 5.41) is 6.42. The lowest BCUT2D eigenvalue weighted by molar-refractivity contribution is -0.141. The first-order chi connectivity index (χ1) is 8.76. The first kappa shape index (κ1) is 14.3. The normalized spacial score (nSPS) is 22.8. The molecule has 0 saturated carbocycles. The molecule has 1 aromatic heterocycles. The Bertz CT molecular complexity index is 538. The van der Waals surface area contributed by atoms with Gasteiger partial charge in [0.25, 0.3) is 0 Å². The minimum absolute atomic E-state index is 0.0971. The fraction of sp³-hybridized carbons (Fsp3) is 0.700. The maximum Gasteiger partial charge on any atom is 0.435 e. The Morgan fingerprint density at radius 2 is 2.21 bits per heavy atom. The van der Waals surface area contributed by atoms with Gasteiger partial charge in [0.15, 0.2) is 15.5 Å². The van der Waals surface area contributed by atoms with E-state index in [-0.39, 0.29) is 24.1 Å². The molecule has 5 nitrogen and oxygen atoms in total. The minimum atomic E-state index is -4.43. The van der Waals surface area contributed by atoms with Crippen molar-refractivity contribution in [2.75, 3.05) is 18.1 Å². The number of alkyl halides is 3. The highest BCUT2D eigenvalue weighted by Gasteiger charge is 2.33. The van der Waals surface area contributed by atoms with Crippen LogP contribution in [0.25, 0.3) is 0 Å². The highest BCUT2D eigenvalue weighted by atomic mass is 32.2. The number of hydrogen-bond acceptors (Lipinski definition) is 4. The standard InChI is InChI=1S/C10H14F3N3O2S/c11-10(12,13)9-1-4-16(15-9)5-3-14-8-2-6-19(17,18)7-8/h1,4,8,14H,2-3,5-7H2. The summed E-state index contributed by atoms with van der Waals surface area (Å²) < 4.78 is 60.5. The van der Waals surface area contributed by atoms with E-state index in [0.29, 0.717) is 13.0 Å². The highest BCUT2D eigenvalue weighted by molar-refractivity contribution is 7.91. The van der Waals surface area contributed by atoms with E-state index in [9.17, 15) is 21.6 Å². The van der Waals surface area contributed by atoms with E-state index in [2.05, 4.69) is 10.4 Å². The predicted molar refractivity (Wildman–Crippen MR) is 62.3 cm³/mol. The van der Waals surface area contributed by atoms with E-state index in [0.717, 1.165) is 6.07 Å². The van der Waals surface area contributed by atoms with Crippen molar-refractivity contribution < 1.29 is 21.6 Å². The number of nitrogens with one attached hydrogen (secondary N) is 1. The van der Waals surface area contributed by atoms with E-state index in [1.165, 1.54) is 10.9 Å². The van der Waals surface area contributed by atoms with Crippen LogP contribution in [0, 0.1) is 0 Å². The fourth-order valence-corrected chi connectivity index (χ4v) is 3.68. The monoisotopic (exact) mass is 297 g/mol. The van der Waals surface area contributed by atoms with Gasteiger partial charge in [0.05, 0.1) is 18.1 Å². The van der Waals surface area contributed by atoms with Crippen molar-refractivity contribution in [3.63, 3.8) is 0 Å². The lowest BCUT2D eigenvalue weighted by Crippen LogP contribution is -2.32. The van der Waals surface area contributed by atoms with Gasteiger partial charge in [-0.15, -0.1) is 0 Å². The second-order valence-electron chi connectivity index (χ2n) is 4.52. The first-order valence-corrected chi connectivity index (χ1v) is 7.63. The van der Waals surface area contributed by atoms with Crippen molar-refractivity contribution in [2.45, 2.75) is 25.2 Å². The molecule has 1 atom stereocenters. The molecular formula is C10H14F3N3O2S. The smallest absolute Gasteiger partial charge is 0.311 e. The van der Waals surface area contributed by atoms with E-state index >= 15 is 0 Å². The largest absolute Gasteiger partial charge is 0.435 e. The van der Waals surface area contributed by atoms with Gasteiger partial charge in [-0.2, -0.15) is 18.3 Å². The van der Waals surface area contributed by atoms with Gasteiger partial charge in [-0.05, 0) is 12.5 Å². The van der Waals surface area contributed by atoms with Crippen LogP contribution >= 0.6 is 0 Å². The Morgan fingerprint density at radius 3 is 2.74 bits per heavy atom. The van der Waals surface area contributed by atoms with Crippen LogP contribution in [-0.2, 0) is 22.6 Å². The zero-order chi connectivity index (χ0) is 14.1. The molecule has 9 heteroatoms. The number of halogens is 3. The topological polar surface area (TPSA) is 64.0 Å². The summed E-state index contributed by atoms with van der Waals surface area (Å²) in [5.41, 5.74) is -0.920. The average molecular weight is 297 g/mol. The lowest BCUT2D eigenvalue weighted by atomic mass is 10.3. The minimum Gasteiger partial charge on any atom is -0.311 e. The third-order valence-corrected chi connectivity index (χ3v) is 4.71. The molecule has 0 aromatic carbocycles. The molecule has 1 fully saturated rings. The van der Waals surface area contributed by atoms with Crippen molar-refractivity contribution in [2.24, 2.45) is 0 Å². The maximum atomic E-state index is 12.3. The molecule has 19 heavy (non-hydrogen) atoms. The molecule has 1 aromatic rings. The molecule has 0 spiro atoms. The average Bonchev–Trinajstić information content (AvgIpc) is 2.85. The van der Waals surface area contributed by atoms with Crippen LogP contribution in [0.15, 0.2) is 12.3 Å². The van der Waals surface area contributed by atoms with Crippen molar-refractivity contribution >= 4 is 9.84 Å². The van der Waals surface area contributed by atoms with Gasteiger partial charge in [-0.1, -0.05) is 0 Å². The van der Waals surface area contributed by atoms with E-state index in [1.807, 2.05) is 0 Å². The molecule has 108 valence electrons. The molecule has 0 radical (unpaired) electrons. The molecule has 2 heterocycles. The van der Waals surface area contributed by atoms with Crippen LogP contribution in [0.2, 0.25) is 0 Å². The van der Waals surface area contributed by atoms with Gasteiger partial charge in [0, 0.05) is 18.8 Å². The zero-order valence-corrected chi connectivity index (χ0v) is 10.8. The number of sulfone groups is 1. The molecule has 1 aliphatic rings. The molecule has 1 saturated heterocycles. The first-order valence-electron chi connectivity index (χ1n) is 5.81. The van der Waals surface area contributed by atoms with Crippen LogP contribution in [-0.4, -0.2) is 42.3 Å². The van der Waals surface area contributed by atoms with Crippen LogP contribution in [0.3, 0.4) is 0 Å². The molecule has 0 amide bonds. The Kier molecular flexibility index (Phi) is 3.86. The van der Waals surface area contributed by atoms with Crippen LogP contribution in [0.5, 0.6) is 0 Å². The number of aromatic nitrogens is 2. The zero-order valence-electron chi connectivity index (χ0n) is 10.0. The van der Waals surface area contributed by atoms with Crippen molar-refractivity contribution in [3.05, 3.63) is 18.0 Å². The lowest BCUT2D eigenvalue weighted by Gasteiger charge is -2.10. The highest BCUT2D eigenvalue weighted by Crippen LogP contribution is 2.27. The Labute approximate surface area is 108 Å². The van der Waals surface area contributed by atoms with Crippen molar-refractivity contribution in [1.82, 2.24) is 15.1 Å². The van der Waals surface area contributed by atoms with Crippen LogP contribution in [0.4, 0.5) is 13.2 Å². The Morgan fingerprint density at radius 1 is 1.47 bits per heavy atom.